The van der Waals surface area contributed by atoms with Crippen molar-refractivity contribution in [3.8, 4) is 0 Å². The van der Waals surface area contributed by atoms with Gasteiger partial charge in [0.1, 0.15) is 10.7 Å². The number of sulfonamides is 1. The normalized spacial score (nSPS) is 15.3. The lowest BCUT2D eigenvalue weighted by Gasteiger charge is -2.34. The molecule has 1 aliphatic rings. The molecule has 2 aromatic carbocycles. The number of halogens is 4. The summed E-state index contributed by atoms with van der Waals surface area (Å²) in [5.74, 6) is -1.86. The zero-order chi connectivity index (χ0) is 23.9. The predicted octanol–water partition coefficient (Wildman–Crippen LogP) is 5.66. The van der Waals surface area contributed by atoms with Crippen molar-refractivity contribution in [3.05, 3.63) is 72.6 Å². The molecule has 11 heteroatoms. The van der Waals surface area contributed by atoms with E-state index in [-0.39, 0.29) is 17.6 Å². The monoisotopic (exact) mass is 619 g/mol. The number of aromatic nitrogens is 1. The molecule has 3 aromatic rings. The number of aryl methyl sites for hydroxylation is 2. The Kier molecular flexibility index (Phi) is 7.26. The molecule has 0 radical (unpaired) electrons. The van der Waals surface area contributed by atoms with Crippen molar-refractivity contribution >= 4 is 58.4 Å². The van der Waals surface area contributed by atoms with Gasteiger partial charge in [-0.2, -0.15) is 4.31 Å². The lowest BCUT2D eigenvalue weighted by atomic mass is 10.0. The predicted molar refractivity (Wildman–Crippen MR) is 134 cm³/mol. The molecule has 0 atom stereocenters. The van der Waals surface area contributed by atoms with Gasteiger partial charge in [-0.25, -0.2) is 22.2 Å². The summed E-state index contributed by atoms with van der Waals surface area (Å²) in [5, 5.41) is 2.84. The zero-order valence-corrected chi connectivity index (χ0v) is 22.7. The van der Waals surface area contributed by atoms with Gasteiger partial charge in [-0.1, -0.05) is 18.2 Å². The minimum absolute atomic E-state index is 0.147. The van der Waals surface area contributed by atoms with Crippen LogP contribution in [-0.2, 0) is 16.4 Å². The molecule has 1 aromatic heterocycles. The van der Waals surface area contributed by atoms with Crippen LogP contribution in [0.2, 0.25) is 0 Å². The molecule has 5 nitrogen and oxygen atoms in total. The maximum atomic E-state index is 14.6. The Morgan fingerprint density at radius 2 is 1.76 bits per heavy atom. The highest BCUT2D eigenvalue weighted by Gasteiger charge is 2.35. The van der Waals surface area contributed by atoms with Crippen LogP contribution in [0.5, 0.6) is 0 Å². The van der Waals surface area contributed by atoms with Crippen molar-refractivity contribution in [2.45, 2.75) is 25.2 Å². The summed E-state index contributed by atoms with van der Waals surface area (Å²) in [5.41, 5.74) is 4.65. The number of thiazole rings is 1. The molecule has 33 heavy (non-hydrogen) atoms. The van der Waals surface area contributed by atoms with Gasteiger partial charge in [-0.05, 0) is 68.5 Å². The fourth-order valence-corrected chi connectivity index (χ4v) is 7.55. The van der Waals surface area contributed by atoms with Crippen LogP contribution in [0.15, 0.2) is 43.5 Å². The smallest absolute Gasteiger partial charge is 0.247 e. The number of benzene rings is 2. The fourth-order valence-electron chi connectivity index (χ4n) is 3.67. The van der Waals surface area contributed by atoms with Crippen molar-refractivity contribution < 1.29 is 17.2 Å². The van der Waals surface area contributed by atoms with E-state index in [2.05, 4.69) is 63.9 Å². The van der Waals surface area contributed by atoms with Crippen LogP contribution in [0.1, 0.15) is 22.4 Å². The first-order valence-electron chi connectivity index (χ1n) is 10.2. The first-order chi connectivity index (χ1) is 15.6. The lowest BCUT2D eigenvalue weighted by molar-refractivity contribution is 0.381. The van der Waals surface area contributed by atoms with E-state index >= 15 is 0 Å². The van der Waals surface area contributed by atoms with Crippen LogP contribution in [0.3, 0.4) is 0 Å². The molecule has 0 saturated carbocycles. The van der Waals surface area contributed by atoms with Gasteiger partial charge in [0.25, 0.3) is 0 Å². The average Bonchev–Trinajstić information content (AvgIpc) is 3.23. The third kappa shape index (κ3) is 5.02. The summed E-state index contributed by atoms with van der Waals surface area (Å²) >= 11 is 7.30. The average molecular weight is 621 g/mol. The van der Waals surface area contributed by atoms with Crippen molar-refractivity contribution in [2.75, 3.05) is 31.1 Å². The van der Waals surface area contributed by atoms with E-state index in [0.717, 1.165) is 23.3 Å². The van der Waals surface area contributed by atoms with E-state index in [0.29, 0.717) is 13.1 Å². The fraction of sp³-hybridized carbons (Fsp3) is 0.318. The van der Waals surface area contributed by atoms with Gasteiger partial charge in [0.05, 0.1) is 14.6 Å². The van der Waals surface area contributed by atoms with E-state index in [4.69, 9.17) is 4.98 Å². The van der Waals surface area contributed by atoms with Gasteiger partial charge >= 0.3 is 0 Å². The highest BCUT2D eigenvalue weighted by Crippen LogP contribution is 2.35. The van der Waals surface area contributed by atoms with Crippen LogP contribution in [0, 0.1) is 25.5 Å². The standard InChI is InChI=1S/C22H21Br2F2N3O2S2/c1-13-3-4-15(9-14(13)2)10-16-12-32-22(27-16)28-5-7-29(8-6-28)33(30,31)21-19(24)18(25)11-17(23)20(21)26/h3-4,9,11-12H,5-8,10H2,1-2H3. The molecule has 0 unspecified atom stereocenters. The second-order valence-electron chi connectivity index (χ2n) is 7.91. The number of nitrogens with zero attached hydrogens (tertiary/aromatic N) is 3. The molecular formula is C22H21Br2F2N3O2S2. The molecule has 4 rings (SSSR count). The molecule has 1 saturated heterocycles. The topological polar surface area (TPSA) is 53.5 Å². The Balaban J connectivity index is 1.46. The molecule has 0 spiro atoms. The third-order valence-corrected chi connectivity index (χ3v) is 10.2. The number of hydrogen-bond acceptors (Lipinski definition) is 5. The molecule has 176 valence electrons. The van der Waals surface area contributed by atoms with Crippen LogP contribution in [-0.4, -0.2) is 43.9 Å². The number of piperazine rings is 1. The zero-order valence-electron chi connectivity index (χ0n) is 17.9. The number of hydrogen-bond donors (Lipinski definition) is 0. The second-order valence-corrected chi connectivity index (χ2v) is 12.3. The highest BCUT2D eigenvalue weighted by atomic mass is 79.9. The van der Waals surface area contributed by atoms with Gasteiger partial charge in [0.2, 0.25) is 10.0 Å². The largest absolute Gasteiger partial charge is 0.345 e. The van der Waals surface area contributed by atoms with Crippen molar-refractivity contribution in [1.29, 1.82) is 0 Å². The van der Waals surface area contributed by atoms with Crippen LogP contribution in [0.25, 0.3) is 0 Å². The van der Waals surface area contributed by atoms with Gasteiger partial charge < -0.3 is 4.90 Å². The molecular weight excluding hydrogens is 600 g/mol. The second kappa shape index (κ2) is 9.69. The van der Waals surface area contributed by atoms with E-state index in [1.54, 1.807) is 0 Å². The maximum Gasteiger partial charge on any atom is 0.247 e. The summed E-state index contributed by atoms with van der Waals surface area (Å²) < 4.78 is 55.3. The Bertz CT molecular complexity index is 1280. The maximum absolute atomic E-state index is 14.6. The SMILES string of the molecule is Cc1ccc(Cc2csc(N3CCN(S(=O)(=O)c4c(F)c(Br)cc(F)c4Br)CC3)n2)cc1C. The molecule has 1 aliphatic heterocycles. The van der Waals surface area contributed by atoms with E-state index < -0.39 is 31.0 Å². The van der Waals surface area contributed by atoms with Gasteiger partial charge in [-0.3, -0.25) is 0 Å². The van der Waals surface area contributed by atoms with Crippen molar-refractivity contribution in [3.63, 3.8) is 0 Å². The number of rotatable bonds is 5. The third-order valence-electron chi connectivity index (χ3n) is 5.67. The minimum Gasteiger partial charge on any atom is -0.345 e. The Hall–Kier alpha value is -1.40. The molecule has 0 amide bonds. The minimum atomic E-state index is -4.22. The highest BCUT2D eigenvalue weighted by molar-refractivity contribution is 9.11. The van der Waals surface area contributed by atoms with Crippen molar-refractivity contribution in [2.24, 2.45) is 0 Å². The van der Waals surface area contributed by atoms with E-state index in [9.17, 15) is 17.2 Å². The summed E-state index contributed by atoms with van der Waals surface area (Å²) in [7, 11) is -4.22. The van der Waals surface area contributed by atoms with Gasteiger partial charge in [-0.15, -0.1) is 11.3 Å². The van der Waals surface area contributed by atoms with E-state index in [1.165, 1.54) is 32.3 Å². The van der Waals surface area contributed by atoms with Crippen LogP contribution in [0.4, 0.5) is 13.9 Å². The molecule has 2 heterocycles. The molecule has 0 bridgehead atoms. The molecule has 1 fully saturated rings. The number of anilines is 1. The summed E-state index contributed by atoms with van der Waals surface area (Å²) in [6.07, 6.45) is 0.730. The molecule has 0 N–H and O–H groups in total. The van der Waals surface area contributed by atoms with Crippen molar-refractivity contribution in [1.82, 2.24) is 9.29 Å². The first-order valence-corrected chi connectivity index (χ1v) is 14.1. The summed E-state index contributed by atoms with van der Waals surface area (Å²) in [6.45, 7) is 5.28. The first kappa shape index (κ1) is 24.7. The van der Waals surface area contributed by atoms with Gasteiger partial charge in [0, 0.05) is 38.0 Å². The van der Waals surface area contributed by atoms with E-state index in [1.807, 2.05) is 10.3 Å². The molecule has 0 aliphatic carbocycles. The van der Waals surface area contributed by atoms with Gasteiger partial charge in [0.15, 0.2) is 10.9 Å². The Morgan fingerprint density at radius 3 is 2.42 bits per heavy atom. The summed E-state index contributed by atoms with van der Waals surface area (Å²) in [4.78, 5) is 6.07. The Morgan fingerprint density at radius 1 is 1.06 bits per heavy atom. The lowest BCUT2D eigenvalue weighted by Crippen LogP contribution is -2.49. The van der Waals surface area contributed by atoms with Crippen LogP contribution < -0.4 is 4.90 Å². The Labute approximate surface area is 212 Å². The summed E-state index contributed by atoms with van der Waals surface area (Å²) in [6, 6.07) is 7.28. The quantitative estimate of drug-likeness (QED) is 0.345. The van der Waals surface area contributed by atoms with Crippen LogP contribution >= 0.6 is 43.2 Å².